The van der Waals surface area contributed by atoms with E-state index in [1.54, 1.807) is 7.05 Å². The minimum absolute atomic E-state index is 0.0182. The van der Waals surface area contributed by atoms with Crippen LogP contribution < -0.4 is 5.32 Å². The van der Waals surface area contributed by atoms with Gasteiger partial charge < -0.3 is 10.4 Å². The topological polar surface area (TPSA) is 83.5 Å². The molecule has 0 aromatic rings. The molecule has 0 fully saturated rings. The fourth-order valence-corrected chi connectivity index (χ4v) is 3.92. The Morgan fingerprint density at radius 1 is 1.47 bits per heavy atom. The zero-order chi connectivity index (χ0) is 11.9. The second kappa shape index (κ2) is 7.32. The van der Waals surface area contributed by atoms with Crippen molar-refractivity contribution in [2.24, 2.45) is 0 Å². The van der Waals surface area contributed by atoms with Gasteiger partial charge in [0.05, 0.1) is 5.75 Å². The number of sulfone groups is 1. The van der Waals surface area contributed by atoms with Gasteiger partial charge in [0, 0.05) is 41.2 Å². The largest absolute Gasteiger partial charge is 0.396 e. The summed E-state index contributed by atoms with van der Waals surface area (Å²) in [6, 6.07) is -0.0182. The summed E-state index contributed by atoms with van der Waals surface area (Å²) in [7, 11) is -2.46. The molecule has 2 atom stereocenters. The van der Waals surface area contributed by atoms with Crippen LogP contribution in [0.5, 0.6) is 0 Å². The van der Waals surface area contributed by atoms with E-state index in [9.17, 15) is 12.6 Å². The minimum atomic E-state index is -3.04. The van der Waals surface area contributed by atoms with E-state index in [0.717, 1.165) is 6.26 Å². The quantitative estimate of drug-likeness (QED) is 0.568. The third-order valence-corrected chi connectivity index (χ3v) is 4.59. The van der Waals surface area contributed by atoms with Crippen LogP contribution in [0.2, 0.25) is 0 Å². The SMILES string of the molecule is CNC(CCO)CS(=O)CCS(C)(=O)=O. The van der Waals surface area contributed by atoms with Crippen LogP contribution in [0.25, 0.3) is 0 Å². The molecule has 2 N–H and O–H groups in total. The third-order valence-electron chi connectivity index (χ3n) is 1.95. The molecule has 0 aromatic heterocycles. The molecule has 5 nitrogen and oxygen atoms in total. The molecule has 0 radical (unpaired) electrons. The first-order valence-corrected chi connectivity index (χ1v) is 8.24. The van der Waals surface area contributed by atoms with Gasteiger partial charge in [-0.25, -0.2) is 8.42 Å². The lowest BCUT2D eigenvalue weighted by Crippen LogP contribution is -2.33. The number of hydrogen-bond acceptors (Lipinski definition) is 5. The van der Waals surface area contributed by atoms with Crippen molar-refractivity contribution in [3.63, 3.8) is 0 Å². The van der Waals surface area contributed by atoms with E-state index in [1.165, 1.54) is 0 Å². The molecule has 0 amide bonds. The zero-order valence-corrected chi connectivity index (χ0v) is 10.7. The molecule has 0 heterocycles. The molecule has 0 spiro atoms. The van der Waals surface area contributed by atoms with Gasteiger partial charge in [0.1, 0.15) is 9.84 Å². The third kappa shape index (κ3) is 8.98. The summed E-state index contributed by atoms with van der Waals surface area (Å²) >= 11 is 0. The Bertz CT molecular complexity index is 289. The van der Waals surface area contributed by atoms with Crippen molar-refractivity contribution in [1.82, 2.24) is 5.32 Å². The van der Waals surface area contributed by atoms with Gasteiger partial charge >= 0.3 is 0 Å². The van der Waals surface area contributed by atoms with Crippen LogP contribution in [-0.2, 0) is 20.6 Å². The molecule has 15 heavy (non-hydrogen) atoms. The van der Waals surface area contributed by atoms with E-state index in [1.807, 2.05) is 0 Å². The van der Waals surface area contributed by atoms with Gasteiger partial charge in [0.25, 0.3) is 0 Å². The maximum atomic E-state index is 11.5. The Kier molecular flexibility index (Phi) is 7.33. The number of aliphatic hydroxyl groups excluding tert-OH is 1. The number of hydrogen-bond donors (Lipinski definition) is 2. The fraction of sp³-hybridized carbons (Fsp3) is 1.00. The second-order valence-corrected chi connectivity index (χ2v) is 7.32. The first-order valence-electron chi connectivity index (χ1n) is 4.70. The Morgan fingerprint density at radius 3 is 2.47 bits per heavy atom. The Hall–Kier alpha value is 0.0200. The highest BCUT2D eigenvalue weighted by molar-refractivity contribution is 7.92. The van der Waals surface area contributed by atoms with E-state index in [-0.39, 0.29) is 24.2 Å². The van der Waals surface area contributed by atoms with Crippen molar-refractivity contribution in [2.45, 2.75) is 12.5 Å². The van der Waals surface area contributed by atoms with Gasteiger partial charge in [-0.05, 0) is 13.5 Å². The Balaban J connectivity index is 3.91. The maximum absolute atomic E-state index is 11.5. The van der Waals surface area contributed by atoms with Gasteiger partial charge in [-0.15, -0.1) is 0 Å². The normalized spacial score (nSPS) is 16.2. The van der Waals surface area contributed by atoms with Gasteiger partial charge in [-0.3, -0.25) is 4.21 Å². The predicted octanol–water partition coefficient (Wildman–Crippen LogP) is -1.25. The summed E-state index contributed by atoms with van der Waals surface area (Å²) in [4.78, 5) is 0. The monoisotopic (exact) mass is 257 g/mol. The van der Waals surface area contributed by atoms with Crippen LogP contribution in [0.1, 0.15) is 6.42 Å². The molecule has 0 rings (SSSR count). The highest BCUT2D eigenvalue weighted by Crippen LogP contribution is 1.96. The predicted molar refractivity (Wildman–Crippen MR) is 62.1 cm³/mol. The summed E-state index contributed by atoms with van der Waals surface area (Å²) in [6.07, 6.45) is 1.66. The van der Waals surface area contributed by atoms with Crippen LogP contribution in [-0.4, -0.2) is 60.9 Å². The van der Waals surface area contributed by atoms with E-state index in [4.69, 9.17) is 5.11 Å². The smallest absolute Gasteiger partial charge is 0.148 e. The lowest BCUT2D eigenvalue weighted by molar-refractivity contribution is 0.273. The standard InChI is InChI=1S/C8H19NO4S2/c1-9-8(3-4-10)7-14(11)5-6-15(2,12)13/h8-10H,3-7H2,1-2H3. The van der Waals surface area contributed by atoms with Crippen LogP contribution in [0.3, 0.4) is 0 Å². The molecule has 92 valence electrons. The van der Waals surface area contributed by atoms with Gasteiger partial charge in [0.15, 0.2) is 0 Å². The average molecular weight is 257 g/mol. The van der Waals surface area contributed by atoms with E-state index in [0.29, 0.717) is 12.2 Å². The molecular weight excluding hydrogens is 238 g/mol. The molecule has 2 unspecified atom stereocenters. The van der Waals surface area contributed by atoms with Crippen molar-refractivity contribution in [1.29, 1.82) is 0 Å². The molecule has 0 aliphatic heterocycles. The number of nitrogens with one attached hydrogen (secondary N) is 1. The molecule has 0 aliphatic carbocycles. The van der Waals surface area contributed by atoms with Crippen molar-refractivity contribution in [3.8, 4) is 0 Å². The van der Waals surface area contributed by atoms with Crippen LogP contribution in [0.15, 0.2) is 0 Å². The second-order valence-electron chi connectivity index (χ2n) is 3.44. The summed E-state index contributed by atoms with van der Waals surface area (Å²) in [5.74, 6) is 0.504. The maximum Gasteiger partial charge on any atom is 0.148 e. The van der Waals surface area contributed by atoms with E-state index >= 15 is 0 Å². The van der Waals surface area contributed by atoms with Crippen LogP contribution in [0.4, 0.5) is 0 Å². The fourth-order valence-electron chi connectivity index (χ4n) is 1.02. The van der Waals surface area contributed by atoms with E-state index in [2.05, 4.69) is 5.32 Å². The number of rotatable bonds is 8. The Labute approximate surface area is 93.6 Å². The van der Waals surface area contributed by atoms with Crippen molar-refractivity contribution in [2.75, 3.05) is 37.2 Å². The number of aliphatic hydroxyl groups is 1. The summed E-state index contributed by atoms with van der Waals surface area (Å²) in [6.45, 7) is 0.0365. The average Bonchev–Trinajstić information content (AvgIpc) is 2.13. The molecule has 0 bridgehead atoms. The molecule has 0 saturated heterocycles. The van der Waals surface area contributed by atoms with Crippen LogP contribution in [0, 0.1) is 0 Å². The van der Waals surface area contributed by atoms with Crippen LogP contribution >= 0.6 is 0 Å². The van der Waals surface area contributed by atoms with Gasteiger partial charge in [-0.1, -0.05) is 0 Å². The van der Waals surface area contributed by atoms with Gasteiger partial charge in [-0.2, -0.15) is 0 Å². The minimum Gasteiger partial charge on any atom is -0.396 e. The first-order chi connectivity index (χ1) is 6.89. The van der Waals surface area contributed by atoms with Crippen molar-refractivity contribution < 1.29 is 17.7 Å². The van der Waals surface area contributed by atoms with Crippen molar-refractivity contribution >= 4 is 20.6 Å². The molecule has 7 heteroatoms. The van der Waals surface area contributed by atoms with Crippen molar-refractivity contribution in [3.05, 3.63) is 0 Å². The lowest BCUT2D eigenvalue weighted by Gasteiger charge is -2.13. The molecule has 0 saturated carbocycles. The first kappa shape index (κ1) is 15.0. The van der Waals surface area contributed by atoms with Gasteiger partial charge in [0.2, 0.25) is 0 Å². The summed E-state index contributed by atoms with van der Waals surface area (Å²) in [5, 5.41) is 11.6. The summed E-state index contributed by atoms with van der Waals surface area (Å²) < 4.78 is 33.1. The molecule has 0 aromatic carbocycles. The van der Waals surface area contributed by atoms with E-state index < -0.39 is 20.6 Å². The molecule has 0 aliphatic rings. The highest BCUT2D eigenvalue weighted by Gasteiger charge is 2.12. The zero-order valence-electron chi connectivity index (χ0n) is 9.10. The Morgan fingerprint density at radius 2 is 2.07 bits per heavy atom. The highest BCUT2D eigenvalue weighted by atomic mass is 32.2. The summed E-state index contributed by atoms with van der Waals surface area (Å²) in [5.41, 5.74) is 0. The lowest BCUT2D eigenvalue weighted by atomic mass is 10.2. The molecular formula is C8H19NO4S2.